The fourth-order valence-electron chi connectivity index (χ4n) is 2.54. The number of rotatable bonds is 2. The van der Waals surface area contributed by atoms with Crippen molar-refractivity contribution in [2.24, 2.45) is 17.3 Å². The van der Waals surface area contributed by atoms with E-state index in [2.05, 4.69) is 20.8 Å². The number of aliphatic hydroxyl groups is 1. The van der Waals surface area contributed by atoms with Gasteiger partial charge in [0.1, 0.15) is 0 Å². The maximum atomic E-state index is 10.6. The molecule has 1 N–H and O–H groups in total. The number of carboxylic acid groups (broad SMARTS) is 1. The van der Waals surface area contributed by atoms with E-state index in [-0.39, 0.29) is 16.9 Å². The second-order valence-electron chi connectivity index (χ2n) is 6.24. The molecule has 1 fully saturated rings. The monoisotopic (exact) mass is 239 g/mol. The van der Waals surface area contributed by atoms with Gasteiger partial charge in [0, 0.05) is 5.92 Å². The summed E-state index contributed by atoms with van der Waals surface area (Å²) in [6.45, 7) is 8.09. The van der Waals surface area contributed by atoms with E-state index < -0.39 is 12.1 Å². The van der Waals surface area contributed by atoms with Gasteiger partial charge >= 0.3 is 0 Å². The highest BCUT2D eigenvalue weighted by molar-refractivity contribution is 5.83. The highest BCUT2D eigenvalue weighted by atomic mass is 16.4. The van der Waals surface area contributed by atoms with Crippen molar-refractivity contribution >= 4 is 5.97 Å². The molecule has 1 rings (SSSR count). The maximum Gasteiger partial charge on any atom is 0.0668 e. The van der Waals surface area contributed by atoms with Gasteiger partial charge in [-0.1, -0.05) is 26.8 Å². The topological polar surface area (TPSA) is 60.4 Å². The van der Waals surface area contributed by atoms with E-state index in [1.54, 1.807) is 6.08 Å². The van der Waals surface area contributed by atoms with Crippen LogP contribution in [0.3, 0.4) is 0 Å². The molecule has 1 saturated carbocycles. The van der Waals surface area contributed by atoms with Gasteiger partial charge in [0.2, 0.25) is 0 Å². The fourth-order valence-corrected chi connectivity index (χ4v) is 2.54. The molecule has 17 heavy (non-hydrogen) atoms. The van der Waals surface area contributed by atoms with E-state index in [9.17, 15) is 15.0 Å². The molecule has 0 spiro atoms. The van der Waals surface area contributed by atoms with Gasteiger partial charge in [-0.25, -0.2) is 0 Å². The third kappa shape index (κ3) is 3.84. The molecular formula is C14H23O3-. The van der Waals surface area contributed by atoms with Gasteiger partial charge in [0.15, 0.2) is 0 Å². The molecule has 3 nitrogen and oxygen atoms in total. The molecule has 3 heteroatoms. The van der Waals surface area contributed by atoms with Crippen LogP contribution in [0.25, 0.3) is 0 Å². The van der Waals surface area contributed by atoms with Gasteiger partial charge in [-0.15, -0.1) is 0 Å². The molecule has 0 saturated heterocycles. The van der Waals surface area contributed by atoms with Crippen molar-refractivity contribution in [3.8, 4) is 0 Å². The quantitative estimate of drug-likeness (QED) is 0.743. The van der Waals surface area contributed by atoms with Crippen LogP contribution in [-0.4, -0.2) is 17.2 Å². The minimum Gasteiger partial charge on any atom is -0.545 e. The van der Waals surface area contributed by atoms with Crippen LogP contribution in [0.5, 0.6) is 0 Å². The van der Waals surface area contributed by atoms with Crippen LogP contribution >= 0.6 is 0 Å². The normalized spacial score (nSPS) is 31.4. The molecule has 98 valence electrons. The average Bonchev–Trinajstić information content (AvgIpc) is 2.19. The Kier molecular flexibility index (Phi) is 4.36. The van der Waals surface area contributed by atoms with Crippen LogP contribution < -0.4 is 5.11 Å². The summed E-state index contributed by atoms with van der Waals surface area (Å²) >= 11 is 0. The van der Waals surface area contributed by atoms with Gasteiger partial charge in [-0.05, 0) is 43.1 Å². The summed E-state index contributed by atoms with van der Waals surface area (Å²) in [5.74, 6) is -0.674. The number of carbonyl (C=O) groups is 1. The first-order valence-corrected chi connectivity index (χ1v) is 6.29. The Morgan fingerprint density at radius 2 is 1.94 bits per heavy atom. The second-order valence-corrected chi connectivity index (χ2v) is 6.24. The molecule has 0 aliphatic heterocycles. The van der Waals surface area contributed by atoms with Crippen LogP contribution in [0.15, 0.2) is 11.6 Å². The maximum absolute atomic E-state index is 10.6. The molecular weight excluding hydrogens is 216 g/mol. The minimum absolute atomic E-state index is 0.0356. The van der Waals surface area contributed by atoms with Gasteiger partial charge in [-0.2, -0.15) is 0 Å². The van der Waals surface area contributed by atoms with E-state index >= 15 is 0 Å². The third-order valence-corrected chi connectivity index (χ3v) is 3.88. The molecule has 1 aliphatic carbocycles. The van der Waals surface area contributed by atoms with Crippen molar-refractivity contribution in [2.45, 2.75) is 53.1 Å². The molecule has 0 bridgehead atoms. The minimum atomic E-state index is -1.14. The van der Waals surface area contributed by atoms with E-state index in [1.165, 1.54) is 6.92 Å². The molecule has 0 aromatic carbocycles. The van der Waals surface area contributed by atoms with Crippen LogP contribution in [0.4, 0.5) is 0 Å². The Balaban J connectivity index is 2.66. The number of carboxylic acids is 1. The Hall–Kier alpha value is -0.830. The molecule has 1 aliphatic rings. The number of hydrogen-bond donors (Lipinski definition) is 1. The van der Waals surface area contributed by atoms with Gasteiger partial charge in [-0.3, -0.25) is 0 Å². The van der Waals surface area contributed by atoms with Crippen molar-refractivity contribution in [3.63, 3.8) is 0 Å². The van der Waals surface area contributed by atoms with Crippen molar-refractivity contribution in [3.05, 3.63) is 11.6 Å². The van der Waals surface area contributed by atoms with Gasteiger partial charge in [0.25, 0.3) is 0 Å². The fraction of sp³-hybridized carbons (Fsp3) is 0.786. The SMILES string of the molecule is CC(=CC1CCC(C(C)(C)C)CC1O)C(=O)[O-]. The Morgan fingerprint density at radius 3 is 2.35 bits per heavy atom. The molecule has 3 unspecified atom stereocenters. The number of aliphatic hydroxyl groups excluding tert-OH is 1. The predicted octanol–water partition coefficient (Wildman–Crippen LogP) is 1.51. The molecule has 0 aromatic heterocycles. The van der Waals surface area contributed by atoms with Crippen molar-refractivity contribution < 1.29 is 15.0 Å². The van der Waals surface area contributed by atoms with Crippen LogP contribution in [0, 0.1) is 17.3 Å². The summed E-state index contributed by atoms with van der Waals surface area (Å²) in [7, 11) is 0. The van der Waals surface area contributed by atoms with Crippen molar-refractivity contribution in [1.29, 1.82) is 0 Å². The molecule has 0 aromatic rings. The van der Waals surface area contributed by atoms with Crippen LogP contribution in [0.2, 0.25) is 0 Å². The first-order valence-electron chi connectivity index (χ1n) is 6.29. The summed E-state index contributed by atoms with van der Waals surface area (Å²) in [6.07, 6.45) is 3.88. The van der Waals surface area contributed by atoms with Gasteiger partial charge < -0.3 is 15.0 Å². The lowest BCUT2D eigenvalue weighted by molar-refractivity contribution is -0.299. The number of hydrogen-bond acceptors (Lipinski definition) is 3. The Morgan fingerprint density at radius 1 is 1.35 bits per heavy atom. The first kappa shape index (κ1) is 14.2. The van der Waals surface area contributed by atoms with E-state index in [0.717, 1.165) is 19.3 Å². The highest BCUT2D eigenvalue weighted by Gasteiger charge is 2.34. The Bertz CT molecular complexity index is 312. The zero-order valence-corrected chi connectivity index (χ0v) is 11.2. The standard InChI is InChI=1S/C14H24O3/c1-9(13(16)17)7-10-5-6-11(8-12(10)15)14(2,3)4/h7,10-12,15H,5-6,8H2,1-4H3,(H,16,17)/p-1. The average molecular weight is 239 g/mol. The summed E-state index contributed by atoms with van der Waals surface area (Å²) in [5, 5.41) is 20.7. The van der Waals surface area contributed by atoms with E-state index in [1.807, 2.05) is 0 Å². The zero-order valence-electron chi connectivity index (χ0n) is 11.2. The summed E-state index contributed by atoms with van der Waals surface area (Å²) in [6, 6.07) is 0. The molecule has 3 atom stereocenters. The molecule has 0 amide bonds. The van der Waals surface area contributed by atoms with Crippen molar-refractivity contribution in [1.82, 2.24) is 0 Å². The lowest BCUT2D eigenvalue weighted by Crippen LogP contribution is -2.35. The van der Waals surface area contributed by atoms with Gasteiger partial charge in [0.05, 0.1) is 12.1 Å². The van der Waals surface area contributed by atoms with Crippen LogP contribution in [-0.2, 0) is 4.79 Å². The van der Waals surface area contributed by atoms with Crippen molar-refractivity contribution in [2.75, 3.05) is 0 Å². The second kappa shape index (κ2) is 5.21. The first-order chi connectivity index (χ1) is 7.71. The highest BCUT2D eigenvalue weighted by Crippen LogP contribution is 2.40. The number of carbonyl (C=O) groups excluding carboxylic acids is 1. The lowest BCUT2D eigenvalue weighted by atomic mass is 9.68. The number of aliphatic carboxylic acids is 1. The largest absolute Gasteiger partial charge is 0.545 e. The molecule has 0 radical (unpaired) electrons. The third-order valence-electron chi connectivity index (χ3n) is 3.88. The molecule has 0 heterocycles. The van der Waals surface area contributed by atoms with E-state index in [4.69, 9.17) is 0 Å². The Labute approximate surface area is 104 Å². The smallest absolute Gasteiger partial charge is 0.0668 e. The summed E-state index contributed by atoms with van der Waals surface area (Å²) < 4.78 is 0. The zero-order chi connectivity index (χ0) is 13.2. The van der Waals surface area contributed by atoms with Crippen LogP contribution in [0.1, 0.15) is 47.0 Å². The summed E-state index contributed by atoms with van der Waals surface area (Å²) in [5.41, 5.74) is 0.433. The predicted molar refractivity (Wildman–Crippen MR) is 65.1 cm³/mol. The lowest BCUT2D eigenvalue weighted by Gasteiger charge is -2.39. The summed E-state index contributed by atoms with van der Waals surface area (Å²) in [4.78, 5) is 10.6. The van der Waals surface area contributed by atoms with E-state index in [0.29, 0.717) is 5.92 Å².